The molecule has 2 amide bonds. The van der Waals surface area contributed by atoms with Crippen LogP contribution in [0.1, 0.15) is 36.1 Å². The Morgan fingerprint density at radius 2 is 2.16 bits per heavy atom. The zero-order valence-electron chi connectivity index (χ0n) is 11.6. The number of amides is 2. The van der Waals surface area contributed by atoms with Gasteiger partial charge in [0.25, 0.3) is 0 Å². The van der Waals surface area contributed by atoms with Gasteiger partial charge in [0.1, 0.15) is 0 Å². The average Bonchev–Trinajstić information content (AvgIpc) is 2.75. The van der Waals surface area contributed by atoms with E-state index in [0.717, 1.165) is 5.56 Å². The molecule has 1 fully saturated rings. The fourth-order valence-electron chi connectivity index (χ4n) is 2.51. The van der Waals surface area contributed by atoms with Crippen LogP contribution in [-0.2, 0) is 9.59 Å². The van der Waals surface area contributed by atoms with Gasteiger partial charge in [-0.25, -0.2) is 0 Å². The molecule has 4 nitrogen and oxygen atoms in total. The molecular weight excluding hydrogens is 240 g/mol. The standard InChI is InChI=1S/C15H20N2O2/c1-9-4-5-13(10(2)6-9)11(3)17-15(19)12-7-14(18)16-8-12/h4-6,11-12H,7-8H2,1-3H3,(H,16,18)(H,17,19). The monoisotopic (exact) mass is 260 g/mol. The third-order valence-corrected chi connectivity index (χ3v) is 3.60. The molecule has 0 spiro atoms. The van der Waals surface area contributed by atoms with Gasteiger partial charge in [0.2, 0.25) is 11.8 Å². The molecule has 1 aliphatic heterocycles. The van der Waals surface area contributed by atoms with E-state index >= 15 is 0 Å². The van der Waals surface area contributed by atoms with E-state index < -0.39 is 0 Å². The summed E-state index contributed by atoms with van der Waals surface area (Å²) in [5, 5.41) is 5.67. The summed E-state index contributed by atoms with van der Waals surface area (Å²) < 4.78 is 0. The van der Waals surface area contributed by atoms with Crippen LogP contribution in [0, 0.1) is 19.8 Å². The van der Waals surface area contributed by atoms with Crippen LogP contribution in [0.3, 0.4) is 0 Å². The van der Waals surface area contributed by atoms with Crippen LogP contribution >= 0.6 is 0 Å². The Kier molecular flexibility index (Phi) is 3.88. The molecule has 1 aromatic rings. The first kappa shape index (κ1) is 13.6. The Hall–Kier alpha value is -1.84. The summed E-state index contributed by atoms with van der Waals surface area (Å²) in [4.78, 5) is 23.2. The molecule has 0 aromatic heterocycles. The first-order chi connectivity index (χ1) is 8.97. The summed E-state index contributed by atoms with van der Waals surface area (Å²) in [6.45, 7) is 6.52. The minimum atomic E-state index is -0.235. The maximum Gasteiger partial charge on any atom is 0.225 e. The van der Waals surface area contributed by atoms with E-state index in [1.165, 1.54) is 11.1 Å². The van der Waals surface area contributed by atoms with Gasteiger partial charge in [0.05, 0.1) is 12.0 Å². The van der Waals surface area contributed by atoms with E-state index in [1.807, 2.05) is 26.0 Å². The normalized spacial score (nSPS) is 19.9. The first-order valence-electron chi connectivity index (χ1n) is 6.61. The summed E-state index contributed by atoms with van der Waals surface area (Å²) in [6, 6.07) is 6.17. The van der Waals surface area contributed by atoms with Crippen molar-refractivity contribution in [2.75, 3.05) is 6.54 Å². The molecule has 2 N–H and O–H groups in total. The molecule has 1 heterocycles. The van der Waals surface area contributed by atoms with E-state index in [2.05, 4.69) is 23.6 Å². The van der Waals surface area contributed by atoms with Gasteiger partial charge in [-0.2, -0.15) is 0 Å². The predicted octanol–water partition coefficient (Wildman–Crippen LogP) is 1.62. The lowest BCUT2D eigenvalue weighted by atomic mass is 9.99. The lowest BCUT2D eigenvalue weighted by Gasteiger charge is -2.19. The minimum Gasteiger partial charge on any atom is -0.355 e. The molecule has 2 atom stereocenters. The van der Waals surface area contributed by atoms with Gasteiger partial charge in [0.15, 0.2) is 0 Å². The number of aryl methyl sites for hydroxylation is 2. The predicted molar refractivity (Wildman–Crippen MR) is 73.6 cm³/mol. The zero-order valence-corrected chi connectivity index (χ0v) is 11.6. The minimum absolute atomic E-state index is 0.0381. The maximum atomic E-state index is 12.0. The lowest BCUT2D eigenvalue weighted by molar-refractivity contribution is -0.127. The molecule has 1 saturated heterocycles. The number of rotatable bonds is 3. The molecule has 1 aromatic carbocycles. The summed E-state index contributed by atoms with van der Waals surface area (Å²) in [5.74, 6) is -0.328. The Labute approximate surface area is 113 Å². The summed E-state index contributed by atoms with van der Waals surface area (Å²) in [5.41, 5.74) is 3.51. The fraction of sp³-hybridized carbons (Fsp3) is 0.467. The van der Waals surface area contributed by atoms with Crippen molar-refractivity contribution in [3.63, 3.8) is 0 Å². The highest BCUT2D eigenvalue weighted by Gasteiger charge is 2.28. The maximum absolute atomic E-state index is 12.0. The van der Waals surface area contributed by atoms with Crippen LogP contribution in [0.2, 0.25) is 0 Å². The third-order valence-electron chi connectivity index (χ3n) is 3.60. The highest BCUT2D eigenvalue weighted by molar-refractivity contribution is 5.89. The van der Waals surface area contributed by atoms with Crippen molar-refractivity contribution < 1.29 is 9.59 Å². The average molecular weight is 260 g/mol. The van der Waals surface area contributed by atoms with Crippen molar-refractivity contribution in [1.82, 2.24) is 10.6 Å². The van der Waals surface area contributed by atoms with Crippen molar-refractivity contribution in [2.45, 2.75) is 33.2 Å². The van der Waals surface area contributed by atoms with Crippen molar-refractivity contribution in [1.29, 1.82) is 0 Å². The second-order valence-electron chi connectivity index (χ2n) is 5.30. The third kappa shape index (κ3) is 3.13. The molecule has 4 heteroatoms. The van der Waals surface area contributed by atoms with Crippen LogP contribution in [0.4, 0.5) is 0 Å². The van der Waals surface area contributed by atoms with Gasteiger partial charge < -0.3 is 10.6 Å². The summed E-state index contributed by atoms with van der Waals surface area (Å²) in [6.07, 6.45) is 0.297. The van der Waals surface area contributed by atoms with E-state index in [0.29, 0.717) is 13.0 Å². The molecule has 0 saturated carbocycles. The number of carbonyl (C=O) groups excluding carboxylic acids is 2. The van der Waals surface area contributed by atoms with Crippen LogP contribution in [0.5, 0.6) is 0 Å². The number of benzene rings is 1. The molecule has 2 unspecified atom stereocenters. The van der Waals surface area contributed by atoms with Crippen LogP contribution < -0.4 is 10.6 Å². The quantitative estimate of drug-likeness (QED) is 0.867. The van der Waals surface area contributed by atoms with Crippen molar-refractivity contribution >= 4 is 11.8 Å². The van der Waals surface area contributed by atoms with Crippen LogP contribution in [0.25, 0.3) is 0 Å². The van der Waals surface area contributed by atoms with Crippen LogP contribution in [0.15, 0.2) is 18.2 Å². The van der Waals surface area contributed by atoms with Crippen molar-refractivity contribution in [3.8, 4) is 0 Å². The van der Waals surface area contributed by atoms with Gasteiger partial charge in [-0.05, 0) is 31.9 Å². The number of nitrogens with one attached hydrogen (secondary N) is 2. The Bertz CT molecular complexity index is 511. The molecule has 0 bridgehead atoms. The van der Waals surface area contributed by atoms with Crippen LogP contribution in [-0.4, -0.2) is 18.4 Å². The second-order valence-corrected chi connectivity index (χ2v) is 5.30. The van der Waals surface area contributed by atoms with E-state index in [4.69, 9.17) is 0 Å². The topological polar surface area (TPSA) is 58.2 Å². The van der Waals surface area contributed by atoms with E-state index in [9.17, 15) is 9.59 Å². The molecule has 2 rings (SSSR count). The number of carbonyl (C=O) groups is 2. The number of hydrogen-bond donors (Lipinski definition) is 2. The van der Waals surface area contributed by atoms with E-state index in [-0.39, 0.29) is 23.8 Å². The highest BCUT2D eigenvalue weighted by Crippen LogP contribution is 2.19. The fourth-order valence-corrected chi connectivity index (χ4v) is 2.51. The SMILES string of the molecule is Cc1ccc(C(C)NC(=O)C2CNC(=O)C2)c(C)c1. The Morgan fingerprint density at radius 1 is 1.42 bits per heavy atom. The summed E-state index contributed by atoms with van der Waals surface area (Å²) in [7, 11) is 0. The summed E-state index contributed by atoms with van der Waals surface area (Å²) >= 11 is 0. The second kappa shape index (κ2) is 5.43. The molecular formula is C15H20N2O2. The molecule has 1 aliphatic rings. The first-order valence-corrected chi connectivity index (χ1v) is 6.61. The lowest BCUT2D eigenvalue weighted by Crippen LogP contribution is -2.34. The number of hydrogen-bond acceptors (Lipinski definition) is 2. The van der Waals surface area contributed by atoms with Crippen molar-refractivity contribution in [2.24, 2.45) is 5.92 Å². The molecule has 0 radical (unpaired) electrons. The molecule has 19 heavy (non-hydrogen) atoms. The van der Waals surface area contributed by atoms with Gasteiger partial charge >= 0.3 is 0 Å². The van der Waals surface area contributed by atoms with Gasteiger partial charge in [-0.1, -0.05) is 23.8 Å². The molecule has 0 aliphatic carbocycles. The van der Waals surface area contributed by atoms with Gasteiger partial charge in [-0.3, -0.25) is 9.59 Å². The molecule has 102 valence electrons. The Morgan fingerprint density at radius 3 is 2.74 bits per heavy atom. The largest absolute Gasteiger partial charge is 0.355 e. The van der Waals surface area contributed by atoms with E-state index in [1.54, 1.807) is 0 Å². The Balaban J connectivity index is 2.02. The highest BCUT2D eigenvalue weighted by atomic mass is 16.2. The smallest absolute Gasteiger partial charge is 0.225 e. The van der Waals surface area contributed by atoms with Gasteiger partial charge in [-0.15, -0.1) is 0 Å². The van der Waals surface area contributed by atoms with Gasteiger partial charge in [0, 0.05) is 13.0 Å². The zero-order chi connectivity index (χ0) is 14.0. The van der Waals surface area contributed by atoms with Crippen molar-refractivity contribution in [3.05, 3.63) is 34.9 Å².